The van der Waals surface area contributed by atoms with Crippen molar-refractivity contribution in [1.29, 1.82) is 0 Å². The molecular weight excluding hydrogens is 376 g/mol. The Bertz CT molecular complexity index is 767. The third-order valence-corrected chi connectivity index (χ3v) is 5.45. The molecule has 7 nitrogen and oxygen atoms in total. The van der Waals surface area contributed by atoms with Crippen LogP contribution in [0.4, 0.5) is 0 Å². The van der Waals surface area contributed by atoms with Gasteiger partial charge in [-0.3, -0.25) is 9.89 Å². The maximum absolute atomic E-state index is 5.53. The molecule has 1 aromatic heterocycles. The summed E-state index contributed by atoms with van der Waals surface area (Å²) >= 11 is 0. The van der Waals surface area contributed by atoms with E-state index in [1.54, 1.807) is 0 Å². The second-order valence-corrected chi connectivity index (χ2v) is 8.20. The van der Waals surface area contributed by atoms with Gasteiger partial charge in [0, 0.05) is 51.7 Å². The van der Waals surface area contributed by atoms with Crippen LogP contribution in [0.5, 0.6) is 0 Å². The third-order valence-electron chi connectivity index (χ3n) is 5.45. The lowest BCUT2D eigenvalue weighted by Crippen LogP contribution is -2.51. The first-order valence-corrected chi connectivity index (χ1v) is 11.0. The molecule has 30 heavy (non-hydrogen) atoms. The molecule has 0 radical (unpaired) electrons. The molecule has 0 amide bonds. The van der Waals surface area contributed by atoms with Crippen LogP contribution in [0.2, 0.25) is 0 Å². The first-order chi connectivity index (χ1) is 14.7. The first-order valence-electron chi connectivity index (χ1n) is 11.0. The minimum atomic E-state index is 0.479. The normalized spacial score (nSPS) is 16.6. The van der Waals surface area contributed by atoms with Crippen LogP contribution < -0.4 is 10.6 Å². The van der Waals surface area contributed by atoms with E-state index in [9.17, 15) is 0 Å². The van der Waals surface area contributed by atoms with Gasteiger partial charge in [0.2, 0.25) is 0 Å². The van der Waals surface area contributed by atoms with Crippen molar-refractivity contribution in [3.8, 4) is 0 Å². The predicted molar refractivity (Wildman–Crippen MR) is 122 cm³/mol. The fourth-order valence-electron chi connectivity index (χ4n) is 3.88. The van der Waals surface area contributed by atoms with Gasteiger partial charge >= 0.3 is 0 Å². The molecule has 164 valence electrons. The number of aromatic nitrogens is 2. The van der Waals surface area contributed by atoms with E-state index in [4.69, 9.17) is 4.74 Å². The van der Waals surface area contributed by atoms with Crippen molar-refractivity contribution < 1.29 is 4.74 Å². The number of guanidine groups is 1. The fraction of sp³-hybridized carbons (Fsp3) is 0.565. The summed E-state index contributed by atoms with van der Waals surface area (Å²) in [5.74, 6) is 2.46. The maximum atomic E-state index is 5.53. The van der Waals surface area contributed by atoms with Crippen molar-refractivity contribution in [1.82, 2.24) is 25.1 Å². The molecule has 1 aliphatic heterocycles. The smallest absolute Gasteiger partial charge is 0.191 e. The molecule has 3 rings (SSSR count). The Morgan fingerprint density at radius 1 is 1.17 bits per heavy atom. The topological polar surface area (TPSA) is 66.7 Å². The van der Waals surface area contributed by atoms with Gasteiger partial charge in [0.15, 0.2) is 5.96 Å². The quantitative estimate of drug-likeness (QED) is 0.489. The number of morpholine rings is 1. The molecule has 2 heterocycles. The Labute approximate surface area is 180 Å². The van der Waals surface area contributed by atoms with E-state index in [1.165, 1.54) is 5.56 Å². The summed E-state index contributed by atoms with van der Waals surface area (Å²) in [4.78, 5) is 11.5. The van der Waals surface area contributed by atoms with Crippen LogP contribution in [0.3, 0.4) is 0 Å². The number of ether oxygens (including phenoxy) is 1. The van der Waals surface area contributed by atoms with E-state index in [0.717, 1.165) is 57.6 Å². The zero-order chi connectivity index (χ0) is 21.2. The highest BCUT2D eigenvalue weighted by Crippen LogP contribution is 2.13. The first kappa shape index (κ1) is 22.3. The van der Waals surface area contributed by atoms with Crippen LogP contribution in [-0.2, 0) is 17.8 Å². The molecule has 1 aliphatic rings. The number of hydrogen-bond donors (Lipinski definition) is 2. The molecule has 0 spiro atoms. The van der Waals surface area contributed by atoms with Gasteiger partial charge in [0.1, 0.15) is 5.82 Å². The van der Waals surface area contributed by atoms with Crippen molar-refractivity contribution in [3.05, 3.63) is 54.1 Å². The van der Waals surface area contributed by atoms with Gasteiger partial charge in [-0.05, 0) is 17.9 Å². The summed E-state index contributed by atoms with van der Waals surface area (Å²) in [5.41, 5.74) is 1.27. The SMILES string of the molecule is CN=C(NCc1nccn1Cc1ccccc1)NCC(CC(C)C)N1CCOCC1. The van der Waals surface area contributed by atoms with Crippen molar-refractivity contribution in [2.24, 2.45) is 10.9 Å². The Hall–Kier alpha value is -2.38. The van der Waals surface area contributed by atoms with Crippen LogP contribution in [-0.4, -0.2) is 66.3 Å². The van der Waals surface area contributed by atoms with Crippen LogP contribution >= 0.6 is 0 Å². The summed E-state index contributed by atoms with van der Waals surface area (Å²) in [5, 5.41) is 6.95. The van der Waals surface area contributed by atoms with Gasteiger partial charge in [-0.2, -0.15) is 0 Å². The minimum Gasteiger partial charge on any atom is -0.379 e. The highest BCUT2D eigenvalue weighted by atomic mass is 16.5. The molecular formula is C23H36N6O. The van der Waals surface area contributed by atoms with Gasteiger partial charge in [-0.15, -0.1) is 0 Å². The number of nitrogens with zero attached hydrogens (tertiary/aromatic N) is 4. The molecule has 1 aromatic carbocycles. The number of imidazole rings is 1. The van der Waals surface area contributed by atoms with Crippen molar-refractivity contribution >= 4 is 5.96 Å². The maximum Gasteiger partial charge on any atom is 0.191 e. The zero-order valence-electron chi connectivity index (χ0n) is 18.6. The van der Waals surface area contributed by atoms with E-state index in [2.05, 4.69) is 68.2 Å². The molecule has 0 saturated carbocycles. The van der Waals surface area contributed by atoms with Crippen LogP contribution in [0.25, 0.3) is 0 Å². The van der Waals surface area contributed by atoms with Crippen LogP contribution in [0.1, 0.15) is 31.7 Å². The number of benzene rings is 1. The van der Waals surface area contributed by atoms with E-state index in [-0.39, 0.29) is 0 Å². The van der Waals surface area contributed by atoms with E-state index in [1.807, 2.05) is 25.5 Å². The molecule has 2 N–H and O–H groups in total. The van der Waals surface area contributed by atoms with Gasteiger partial charge in [0.25, 0.3) is 0 Å². The second-order valence-electron chi connectivity index (χ2n) is 8.20. The average molecular weight is 413 g/mol. The minimum absolute atomic E-state index is 0.479. The molecule has 1 saturated heterocycles. The third kappa shape index (κ3) is 6.85. The Balaban J connectivity index is 1.52. The lowest BCUT2D eigenvalue weighted by Gasteiger charge is -2.35. The van der Waals surface area contributed by atoms with E-state index >= 15 is 0 Å². The van der Waals surface area contributed by atoms with Crippen LogP contribution in [0, 0.1) is 5.92 Å². The number of nitrogens with one attached hydrogen (secondary N) is 2. The second kappa shape index (κ2) is 11.7. The molecule has 1 unspecified atom stereocenters. The van der Waals surface area contributed by atoms with E-state index < -0.39 is 0 Å². The molecule has 2 aromatic rings. The summed E-state index contributed by atoms with van der Waals surface area (Å²) in [6, 6.07) is 10.9. The standard InChI is InChI=1S/C23H36N6O/c1-19(2)15-21(28-11-13-30-14-12-28)16-26-23(24-3)27-17-22-25-9-10-29(22)18-20-7-5-4-6-8-20/h4-10,19,21H,11-18H2,1-3H3,(H2,24,26,27). The van der Waals surface area contributed by atoms with Crippen molar-refractivity contribution in [3.63, 3.8) is 0 Å². The Morgan fingerprint density at radius 2 is 1.93 bits per heavy atom. The monoisotopic (exact) mass is 412 g/mol. The molecule has 7 heteroatoms. The molecule has 1 atom stereocenters. The lowest BCUT2D eigenvalue weighted by molar-refractivity contribution is 0.0132. The lowest BCUT2D eigenvalue weighted by atomic mass is 10.0. The Kier molecular flexibility index (Phi) is 8.71. The predicted octanol–water partition coefficient (Wildman–Crippen LogP) is 2.34. The largest absolute Gasteiger partial charge is 0.379 e. The molecule has 0 bridgehead atoms. The van der Waals surface area contributed by atoms with Gasteiger partial charge < -0.3 is 19.9 Å². The van der Waals surface area contributed by atoms with Crippen LogP contribution in [0.15, 0.2) is 47.7 Å². The summed E-state index contributed by atoms with van der Waals surface area (Å²) in [7, 11) is 1.82. The average Bonchev–Trinajstić information content (AvgIpc) is 3.21. The zero-order valence-corrected chi connectivity index (χ0v) is 18.6. The van der Waals surface area contributed by atoms with Gasteiger partial charge in [0.05, 0.1) is 19.8 Å². The van der Waals surface area contributed by atoms with Gasteiger partial charge in [-0.1, -0.05) is 44.2 Å². The van der Waals surface area contributed by atoms with Gasteiger partial charge in [-0.25, -0.2) is 4.98 Å². The van der Waals surface area contributed by atoms with E-state index in [0.29, 0.717) is 18.5 Å². The summed E-state index contributed by atoms with van der Waals surface area (Å²) < 4.78 is 7.70. The van der Waals surface area contributed by atoms with Crippen molar-refractivity contribution in [2.45, 2.75) is 39.4 Å². The number of rotatable bonds is 9. The summed E-state index contributed by atoms with van der Waals surface area (Å²) in [6.45, 7) is 10.5. The number of aliphatic imine (C=N–C) groups is 1. The fourth-order valence-corrected chi connectivity index (χ4v) is 3.88. The number of hydrogen-bond acceptors (Lipinski definition) is 4. The van der Waals surface area contributed by atoms with Crippen molar-refractivity contribution in [2.75, 3.05) is 39.9 Å². The summed E-state index contributed by atoms with van der Waals surface area (Å²) in [6.07, 6.45) is 5.04. The Morgan fingerprint density at radius 3 is 2.63 bits per heavy atom. The highest BCUT2D eigenvalue weighted by molar-refractivity contribution is 5.79. The molecule has 1 fully saturated rings. The highest BCUT2D eigenvalue weighted by Gasteiger charge is 2.22. The molecule has 0 aliphatic carbocycles.